The zero-order valence-electron chi connectivity index (χ0n) is 10.2. The number of hydrogen-bond donors (Lipinski definition) is 2. The van der Waals surface area contributed by atoms with E-state index < -0.39 is 18.1 Å². The van der Waals surface area contributed by atoms with Crippen LogP contribution in [0.2, 0.25) is 10.0 Å². The molecule has 2 unspecified atom stereocenters. The molecule has 0 spiro atoms. The normalized spacial score (nSPS) is 21.5. The van der Waals surface area contributed by atoms with Crippen LogP contribution in [0, 0.1) is 0 Å². The topological polar surface area (TPSA) is 60.8 Å². The highest BCUT2D eigenvalue weighted by Gasteiger charge is 2.31. The van der Waals surface area contributed by atoms with E-state index in [0.29, 0.717) is 28.6 Å². The second-order valence-electron chi connectivity index (χ2n) is 4.68. The van der Waals surface area contributed by atoms with Crippen molar-refractivity contribution in [2.45, 2.75) is 25.0 Å². The van der Waals surface area contributed by atoms with Crippen LogP contribution in [0.1, 0.15) is 24.5 Å². The molecule has 6 heteroatoms. The highest BCUT2D eigenvalue weighted by Crippen LogP contribution is 2.27. The Morgan fingerprint density at radius 1 is 1.42 bits per heavy atom. The minimum absolute atomic E-state index is 0.287. The summed E-state index contributed by atoms with van der Waals surface area (Å²) < 4.78 is 0. The fourth-order valence-corrected chi connectivity index (χ4v) is 2.68. The van der Waals surface area contributed by atoms with E-state index in [1.54, 1.807) is 23.1 Å². The number of carbonyl (C=O) groups is 1. The smallest absolute Gasteiger partial charge is 0.320 e. The Kier molecular flexibility index (Phi) is 4.68. The number of aliphatic hydroxyl groups is 1. The van der Waals surface area contributed by atoms with Crippen LogP contribution in [0.15, 0.2) is 18.2 Å². The molecule has 0 radical (unpaired) electrons. The molecule has 1 saturated heterocycles. The van der Waals surface area contributed by atoms with Crippen LogP contribution in [0.25, 0.3) is 0 Å². The fraction of sp³-hybridized carbons (Fsp3) is 0.462. The fourth-order valence-electron chi connectivity index (χ4n) is 2.37. The second kappa shape index (κ2) is 6.09. The van der Waals surface area contributed by atoms with Crippen LogP contribution in [-0.4, -0.2) is 40.2 Å². The van der Waals surface area contributed by atoms with Gasteiger partial charge < -0.3 is 10.2 Å². The molecule has 1 aliphatic rings. The van der Waals surface area contributed by atoms with Gasteiger partial charge in [-0.15, -0.1) is 0 Å². The zero-order chi connectivity index (χ0) is 14.0. The first kappa shape index (κ1) is 14.6. The summed E-state index contributed by atoms with van der Waals surface area (Å²) in [7, 11) is 0. The highest BCUT2D eigenvalue weighted by atomic mass is 35.5. The molecular weight excluding hydrogens is 289 g/mol. The van der Waals surface area contributed by atoms with E-state index in [1.807, 2.05) is 0 Å². The molecule has 1 fully saturated rings. The summed E-state index contributed by atoms with van der Waals surface area (Å²) in [6.45, 7) is 0.976. The molecule has 1 aliphatic heterocycles. The number of hydrogen-bond acceptors (Lipinski definition) is 3. The van der Waals surface area contributed by atoms with Gasteiger partial charge in [0.1, 0.15) is 6.04 Å². The SMILES string of the molecule is O=C(O)C1CCCN1CC(O)c1ccc(Cl)c(Cl)c1. The summed E-state index contributed by atoms with van der Waals surface area (Å²) in [4.78, 5) is 12.9. The maximum absolute atomic E-state index is 11.1. The van der Waals surface area contributed by atoms with E-state index in [2.05, 4.69) is 0 Å². The molecule has 1 aromatic rings. The number of β-amino-alcohol motifs (C(OH)–C–C–N with tert-alkyl or cyclic N) is 1. The van der Waals surface area contributed by atoms with Gasteiger partial charge in [0.25, 0.3) is 0 Å². The molecular formula is C13H15Cl2NO3. The average Bonchev–Trinajstić information content (AvgIpc) is 2.80. The average molecular weight is 304 g/mol. The third-order valence-corrected chi connectivity index (χ3v) is 4.12. The monoisotopic (exact) mass is 303 g/mol. The van der Waals surface area contributed by atoms with Gasteiger partial charge in [-0.2, -0.15) is 0 Å². The van der Waals surface area contributed by atoms with Crippen LogP contribution in [-0.2, 0) is 4.79 Å². The standard InChI is InChI=1S/C13H15Cl2NO3/c14-9-4-3-8(6-10(9)15)12(17)7-16-5-1-2-11(16)13(18)19/h3-4,6,11-12,17H,1-2,5,7H2,(H,18,19). The number of carboxylic acid groups (broad SMARTS) is 1. The van der Waals surface area contributed by atoms with Crippen LogP contribution in [0.3, 0.4) is 0 Å². The first-order chi connectivity index (χ1) is 8.99. The Labute approximate surface area is 121 Å². The van der Waals surface area contributed by atoms with Gasteiger partial charge in [0, 0.05) is 6.54 Å². The molecule has 1 aromatic carbocycles. The largest absolute Gasteiger partial charge is 0.480 e. The summed E-state index contributed by atoms with van der Waals surface area (Å²) in [6, 6.07) is 4.43. The molecule has 4 nitrogen and oxygen atoms in total. The van der Waals surface area contributed by atoms with E-state index >= 15 is 0 Å². The van der Waals surface area contributed by atoms with Crippen molar-refractivity contribution in [2.24, 2.45) is 0 Å². The summed E-state index contributed by atoms with van der Waals surface area (Å²) in [5, 5.41) is 20.1. The maximum atomic E-state index is 11.1. The Morgan fingerprint density at radius 3 is 2.79 bits per heavy atom. The number of carboxylic acids is 1. The van der Waals surface area contributed by atoms with Crippen molar-refractivity contribution in [1.29, 1.82) is 0 Å². The third kappa shape index (κ3) is 3.39. The molecule has 0 bridgehead atoms. The lowest BCUT2D eigenvalue weighted by Crippen LogP contribution is -2.38. The molecule has 104 valence electrons. The molecule has 2 N–H and O–H groups in total. The van der Waals surface area contributed by atoms with Gasteiger partial charge >= 0.3 is 5.97 Å². The lowest BCUT2D eigenvalue weighted by atomic mass is 10.1. The van der Waals surface area contributed by atoms with Gasteiger partial charge in [-0.3, -0.25) is 9.69 Å². The van der Waals surface area contributed by atoms with E-state index in [1.165, 1.54) is 0 Å². The summed E-state index contributed by atoms with van der Waals surface area (Å²) >= 11 is 11.7. The molecule has 19 heavy (non-hydrogen) atoms. The zero-order valence-corrected chi connectivity index (χ0v) is 11.7. The van der Waals surface area contributed by atoms with Crippen LogP contribution in [0.5, 0.6) is 0 Å². The molecule has 0 amide bonds. The van der Waals surface area contributed by atoms with Crippen molar-refractivity contribution in [3.63, 3.8) is 0 Å². The summed E-state index contributed by atoms with van der Waals surface area (Å²) in [5.74, 6) is -0.834. The third-order valence-electron chi connectivity index (χ3n) is 3.38. The van der Waals surface area contributed by atoms with Crippen LogP contribution < -0.4 is 0 Å². The molecule has 0 saturated carbocycles. The molecule has 0 aromatic heterocycles. The van der Waals surface area contributed by atoms with Crippen molar-refractivity contribution >= 4 is 29.2 Å². The minimum atomic E-state index is -0.834. The van der Waals surface area contributed by atoms with Crippen molar-refractivity contribution < 1.29 is 15.0 Å². The Hall–Kier alpha value is -0.810. The van der Waals surface area contributed by atoms with Crippen molar-refractivity contribution in [2.75, 3.05) is 13.1 Å². The van der Waals surface area contributed by atoms with E-state index in [0.717, 1.165) is 6.42 Å². The number of aliphatic carboxylic acids is 1. The molecule has 0 aliphatic carbocycles. The van der Waals surface area contributed by atoms with Crippen molar-refractivity contribution in [3.05, 3.63) is 33.8 Å². The van der Waals surface area contributed by atoms with Gasteiger partial charge in [0.2, 0.25) is 0 Å². The number of likely N-dealkylation sites (tertiary alicyclic amines) is 1. The first-order valence-corrected chi connectivity index (χ1v) is 6.84. The van der Waals surface area contributed by atoms with Crippen LogP contribution >= 0.6 is 23.2 Å². The molecule has 2 rings (SSSR count). The molecule has 2 atom stereocenters. The maximum Gasteiger partial charge on any atom is 0.320 e. The Balaban J connectivity index is 2.06. The highest BCUT2D eigenvalue weighted by molar-refractivity contribution is 6.42. The predicted octanol–water partition coefficient (Wildman–Crippen LogP) is 2.58. The Morgan fingerprint density at radius 2 is 2.16 bits per heavy atom. The van der Waals surface area contributed by atoms with Crippen molar-refractivity contribution in [1.82, 2.24) is 4.90 Å². The van der Waals surface area contributed by atoms with E-state index in [4.69, 9.17) is 28.3 Å². The predicted molar refractivity (Wildman–Crippen MR) is 73.7 cm³/mol. The molecule has 1 heterocycles. The Bertz CT molecular complexity index is 481. The van der Waals surface area contributed by atoms with Gasteiger partial charge in [0.15, 0.2) is 0 Å². The lowest BCUT2D eigenvalue weighted by Gasteiger charge is -2.24. The van der Waals surface area contributed by atoms with E-state index in [-0.39, 0.29) is 6.54 Å². The number of aliphatic hydroxyl groups excluding tert-OH is 1. The summed E-state index contributed by atoms with van der Waals surface area (Å²) in [6.07, 6.45) is 0.698. The van der Waals surface area contributed by atoms with Gasteiger partial charge in [-0.05, 0) is 37.1 Å². The van der Waals surface area contributed by atoms with Gasteiger partial charge in [-0.25, -0.2) is 0 Å². The summed E-state index contributed by atoms with van der Waals surface area (Å²) in [5.41, 5.74) is 0.644. The lowest BCUT2D eigenvalue weighted by molar-refractivity contribution is -0.142. The van der Waals surface area contributed by atoms with Crippen LogP contribution in [0.4, 0.5) is 0 Å². The first-order valence-electron chi connectivity index (χ1n) is 6.09. The van der Waals surface area contributed by atoms with Gasteiger partial charge in [-0.1, -0.05) is 29.3 Å². The number of benzene rings is 1. The minimum Gasteiger partial charge on any atom is -0.480 e. The quantitative estimate of drug-likeness (QED) is 0.897. The second-order valence-corrected chi connectivity index (χ2v) is 5.49. The number of rotatable bonds is 4. The number of halogens is 2. The number of nitrogens with zero attached hydrogens (tertiary/aromatic N) is 1. The van der Waals surface area contributed by atoms with E-state index in [9.17, 15) is 9.90 Å². The van der Waals surface area contributed by atoms with Gasteiger partial charge in [0.05, 0.1) is 16.1 Å². The van der Waals surface area contributed by atoms with Crippen molar-refractivity contribution in [3.8, 4) is 0 Å².